The Kier molecular flexibility index (Phi) is 6.64. The van der Waals surface area contributed by atoms with Crippen molar-refractivity contribution in [3.63, 3.8) is 0 Å². The summed E-state index contributed by atoms with van der Waals surface area (Å²) in [6.07, 6.45) is 2.36. The molecule has 0 aliphatic carbocycles. The summed E-state index contributed by atoms with van der Waals surface area (Å²) in [4.78, 5) is 1.46. The molecule has 15 heavy (non-hydrogen) atoms. The number of hydrogen-bond acceptors (Lipinski definition) is 3. The van der Waals surface area contributed by atoms with Crippen LogP contribution in [0.25, 0.3) is 0 Å². The van der Waals surface area contributed by atoms with Crippen molar-refractivity contribution in [3.05, 3.63) is 21.9 Å². The Labute approximate surface area is 96.7 Å². The second-order valence-corrected chi connectivity index (χ2v) is 4.61. The maximum absolute atomic E-state index is 5.28. The van der Waals surface area contributed by atoms with Crippen LogP contribution in [0.4, 0.5) is 0 Å². The Morgan fingerprint density at radius 1 is 1.40 bits per heavy atom. The van der Waals surface area contributed by atoms with Crippen LogP contribution in [-0.4, -0.2) is 19.8 Å². The molecule has 0 saturated carbocycles. The third kappa shape index (κ3) is 5.30. The Hall–Kier alpha value is -0.380. The molecule has 0 fully saturated rings. The van der Waals surface area contributed by atoms with Gasteiger partial charge in [-0.1, -0.05) is 0 Å². The van der Waals surface area contributed by atoms with Crippen LogP contribution in [0.2, 0.25) is 0 Å². The van der Waals surface area contributed by atoms with Gasteiger partial charge in [-0.05, 0) is 50.2 Å². The molecule has 1 N–H and O–H groups in total. The third-order valence-electron chi connectivity index (χ3n) is 2.35. The van der Waals surface area contributed by atoms with Crippen molar-refractivity contribution >= 4 is 11.3 Å². The summed E-state index contributed by atoms with van der Waals surface area (Å²) in [7, 11) is 0. The fraction of sp³-hybridized carbons (Fsp3) is 0.667. The maximum atomic E-state index is 5.28. The number of thiophene rings is 1. The zero-order valence-corrected chi connectivity index (χ0v) is 10.5. The molecule has 3 heteroatoms. The topological polar surface area (TPSA) is 21.3 Å². The standard InChI is InChI=1S/C12H21NOS/c1-3-14-8-5-4-7-13-10-12-11(2)6-9-15-12/h6,9,13H,3-5,7-8,10H2,1-2H3. The van der Waals surface area contributed by atoms with Crippen LogP contribution in [0.15, 0.2) is 11.4 Å². The molecule has 0 amide bonds. The minimum absolute atomic E-state index is 0.835. The van der Waals surface area contributed by atoms with E-state index in [4.69, 9.17) is 4.74 Å². The summed E-state index contributed by atoms with van der Waals surface area (Å²) in [5, 5.41) is 5.61. The molecule has 0 aliphatic rings. The van der Waals surface area contributed by atoms with Crippen molar-refractivity contribution in [1.29, 1.82) is 0 Å². The van der Waals surface area contributed by atoms with Gasteiger partial charge in [-0.25, -0.2) is 0 Å². The largest absolute Gasteiger partial charge is 0.382 e. The molecule has 1 aromatic rings. The highest BCUT2D eigenvalue weighted by Crippen LogP contribution is 2.14. The van der Waals surface area contributed by atoms with Crippen LogP contribution >= 0.6 is 11.3 Å². The monoisotopic (exact) mass is 227 g/mol. The summed E-state index contributed by atoms with van der Waals surface area (Å²) in [5.41, 5.74) is 1.40. The highest BCUT2D eigenvalue weighted by Gasteiger charge is 1.97. The number of rotatable bonds is 8. The van der Waals surface area contributed by atoms with Gasteiger partial charge in [0.1, 0.15) is 0 Å². The lowest BCUT2D eigenvalue weighted by Gasteiger charge is -2.04. The zero-order valence-electron chi connectivity index (χ0n) is 9.71. The van der Waals surface area contributed by atoms with Gasteiger partial charge in [0.2, 0.25) is 0 Å². The predicted molar refractivity (Wildman–Crippen MR) is 66.5 cm³/mol. The first-order valence-electron chi connectivity index (χ1n) is 5.66. The Morgan fingerprint density at radius 2 is 2.27 bits per heavy atom. The lowest BCUT2D eigenvalue weighted by molar-refractivity contribution is 0.143. The van der Waals surface area contributed by atoms with E-state index in [0.29, 0.717) is 0 Å². The lowest BCUT2D eigenvalue weighted by Crippen LogP contribution is -2.14. The summed E-state index contributed by atoms with van der Waals surface area (Å²) in [5.74, 6) is 0. The second-order valence-electron chi connectivity index (χ2n) is 3.61. The molecule has 1 heterocycles. The molecule has 0 spiro atoms. The van der Waals surface area contributed by atoms with Crippen molar-refractivity contribution < 1.29 is 4.74 Å². The number of nitrogens with one attached hydrogen (secondary N) is 1. The van der Waals surface area contributed by atoms with Gasteiger partial charge >= 0.3 is 0 Å². The Bertz CT molecular complexity index is 260. The number of aryl methyl sites for hydroxylation is 1. The van der Waals surface area contributed by atoms with E-state index in [0.717, 1.165) is 32.7 Å². The molecule has 0 aromatic carbocycles. The van der Waals surface area contributed by atoms with Crippen LogP contribution in [-0.2, 0) is 11.3 Å². The molecule has 2 nitrogen and oxygen atoms in total. The van der Waals surface area contributed by atoms with E-state index in [-0.39, 0.29) is 0 Å². The normalized spacial score (nSPS) is 10.8. The highest BCUT2D eigenvalue weighted by atomic mass is 32.1. The van der Waals surface area contributed by atoms with E-state index in [1.54, 1.807) is 0 Å². The number of hydrogen-bond donors (Lipinski definition) is 1. The molecule has 1 aromatic heterocycles. The quantitative estimate of drug-likeness (QED) is 0.689. The van der Waals surface area contributed by atoms with E-state index in [1.165, 1.54) is 16.9 Å². The van der Waals surface area contributed by atoms with E-state index in [1.807, 2.05) is 18.3 Å². The van der Waals surface area contributed by atoms with Gasteiger partial charge in [-0.15, -0.1) is 11.3 Å². The van der Waals surface area contributed by atoms with Crippen molar-refractivity contribution in [3.8, 4) is 0 Å². The molecule has 0 bridgehead atoms. The number of unbranched alkanes of at least 4 members (excludes halogenated alkanes) is 1. The molecular weight excluding hydrogens is 206 g/mol. The van der Waals surface area contributed by atoms with Crippen LogP contribution in [0.5, 0.6) is 0 Å². The lowest BCUT2D eigenvalue weighted by atomic mass is 10.3. The minimum Gasteiger partial charge on any atom is -0.382 e. The van der Waals surface area contributed by atoms with Crippen molar-refractivity contribution in [2.45, 2.75) is 33.2 Å². The van der Waals surface area contributed by atoms with Gasteiger partial charge in [0.05, 0.1) is 0 Å². The van der Waals surface area contributed by atoms with Gasteiger partial charge in [-0.2, -0.15) is 0 Å². The van der Waals surface area contributed by atoms with Gasteiger partial charge in [0.15, 0.2) is 0 Å². The van der Waals surface area contributed by atoms with E-state index < -0.39 is 0 Å². The molecule has 0 unspecified atom stereocenters. The summed E-state index contributed by atoms with van der Waals surface area (Å²) in [6, 6.07) is 2.18. The maximum Gasteiger partial charge on any atom is 0.0466 e. The smallest absolute Gasteiger partial charge is 0.0466 e. The Balaban J connectivity index is 1.96. The molecular formula is C12H21NOS. The summed E-state index contributed by atoms with van der Waals surface area (Å²) in [6.45, 7) is 8.04. The average Bonchev–Trinajstić information content (AvgIpc) is 2.63. The van der Waals surface area contributed by atoms with E-state index in [9.17, 15) is 0 Å². The fourth-order valence-corrected chi connectivity index (χ4v) is 2.26. The Morgan fingerprint density at radius 3 is 2.93 bits per heavy atom. The van der Waals surface area contributed by atoms with Crippen molar-refractivity contribution in [1.82, 2.24) is 5.32 Å². The van der Waals surface area contributed by atoms with Crippen LogP contribution in [0, 0.1) is 6.92 Å². The molecule has 0 aliphatic heterocycles. The van der Waals surface area contributed by atoms with Crippen molar-refractivity contribution in [2.75, 3.05) is 19.8 Å². The first-order valence-corrected chi connectivity index (χ1v) is 6.54. The molecule has 0 atom stereocenters. The molecule has 86 valence electrons. The van der Waals surface area contributed by atoms with Gasteiger partial charge in [0.25, 0.3) is 0 Å². The van der Waals surface area contributed by atoms with E-state index in [2.05, 4.69) is 23.7 Å². The van der Waals surface area contributed by atoms with Crippen LogP contribution < -0.4 is 5.32 Å². The highest BCUT2D eigenvalue weighted by molar-refractivity contribution is 7.10. The van der Waals surface area contributed by atoms with E-state index >= 15 is 0 Å². The summed E-state index contributed by atoms with van der Waals surface area (Å²) < 4.78 is 5.28. The van der Waals surface area contributed by atoms with Crippen molar-refractivity contribution in [2.24, 2.45) is 0 Å². The first kappa shape index (κ1) is 12.7. The fourth-order valence-electron chi connectivity index (χ4n) is 1.39. The minimum atomic E-state index is 0.835. The predicted octanol–water partition coefficient (Wildman–Crippen LogP) is 2.96. The van der Waals surface area contributed by atoms with Gasteiger partial charge in [-0.3, -0.25) is 0 Å². The summed E-state index contributed by atoms with van der Waals surface area (Å²) >= 11 is 1.83. The molecule has 0 radical (unpaired) electrons. The van der Waals surface area contributed by atoms with Gasteiger partial charge in [0, 0.05) is 24.6 Å². The van der Waals surface area contributed by atoms with Gasteiger partial charge < -0.3 is 10.1 Å². The van der Waals surface area contributed by atoms with Crippen LogP contribution in [0.1, 0.15) is 30.2 Å². The SMILES string of the molecule is CCOCCCCNCc1sccc1C. The van der Waals surface area contributed by atoms with Crippen LogP contribution in [0.3, 0.4) is 0 Å². The average molecular weight is 227 g/mol. The molecule has 1 rings (SSSR count). The number of ether oxygens (including phenoxy) is 1. The second kappa shape index (κ2) is 7.85. The third-order valence-corrected chi connectivity index (χ3v) is 3.37. The molecule has 0 saturated heterocycles. The first-order chi connectivity index (χ1) is 7.34. The zero-order chi connectivity index (χ0) is 10.9.